The van der Waals surface area contributed by atoms with E-state index >= 15 is 0 Å². The van der Waals surface area contributed by atoms with Crippen LogP contribution in [0.4, 0.5) is 5.69 Å². The molecule has 1 saturated heterocycles. The molecule has 1 aliphatic heterocycles. The van der Waals surface area contributed by atoms with Crippen LogP contribution >= 0.6 is 0 Å². The van der Waals surface area contributed by atoms with Crippen LogP contribution in [0.3, 0.4) is 0 Å². The molecule has 1 amide bonds. The Labute approximate surface area is 160 Å². The number of nitrogens with one attached hydrogen (secondary N) is 1. The van der Waals surface area contributed by atoms with E-state index in [0.29, 0.717) is 6.54 Å². The monoisotopic (exact) mass is 370 g/mol. The Morgan fingerprint density at radius 3 is 2.41 bits per heavy atom. The summed E-state index contributed by atoms with van der Waals surface area (Å²) in [6.07, 6.45) is 2.03. The summed E-state index contributed by atoms with van der Waals surface area (Å²) in [6.45, 7) is 1.21. The first kappa shape index (κ1) is 19.0. The van der Waals surface area contributed by atoms with Crippen LogP contribution in [0.2, 0.25) is 0 Å². The molecule has 0 spiro atoms. The Kier molecular flexibility index (Phi) is 6.19. The molecule has 144 valence electrons. The van der Waals surface area contributed by atoms with E-state index < -0.39 is 0 Å². The molecule has 1 N–H and O–H groups in total. The van der Waals surface area contributed by atoms with Crippen LogP contribution in [0.1, 0.15) is 24.4 Å². The molecule has 1 aliphatic rings. The predicted octanol–water partition coefficient (Wildman–Crippen LogP) is 3.49. The van der Waals surface area contributed by atoms with Gasteiger partial charge in [0.2, 0.25) is 5.91 Å². The minimum Gasteiger partial charge on any atom is -0.497 e. The minimum absolute atomic E-state index is 0.0334. The lowest BCUT2D eigenvalue weighted by Gasteiger charge is -2.26. The van der Waals surface area contributed by atoms with Crippen LogP contribution in [-0.4, -0.2) is 45.2 Å². The molecular weight excluding hydrogens is 344 g/mol. The van der Waals surface area contributed by atoms with Crippen molar-refractivity contribution in [1.29, 1.82) is 0 Å². The summed E-state index contributed by atoms with van der Waals surface area (Å²) in [4.78, 5) is 14.7. The number of hydrogen-bond acceptors (Lipinski definition) is 5. The lowest BCUT2D eigenvalue weighted by molar-refractivity contribution is -0.117. The first-order valence-corrected chi connectivity index (χ1v) is 9.04. The number of carbonyl (C=O) groups excluding carboxylic acids is 1. The molecular formula is C21H26N2O4. The van der Waals surface area contributed by atoms with Crippen molar-refractivity contribution in [3.63, 3.8) is 0 Å². The third kappa shape index (κ3) is 4.52. The van der Waals surface area contributed by atoms with Crippen molar-refractivity contribution in [2.45, 2.75) is 18.9 Å². The molecule has 2 aromatic rings. The molecule has 6 nitrogen and oxygen atoms in total. The van der Waals surface area contributed by atoms with Crippen LogP contribution in [-0.2, 0) is 4.79 Å². The van der Waals surface area contributed by atoms with Gasteiger partial charge in [0.1, 0.15) is 17.2 Å². The average molecular weight is 370 g/mol. The molecule has 0 aromatic heterocycles. The summed E-state index contributed by atoms with van der Waals surface area (Å²) in [5.41, 5.74) is 1.82. The summed E-state index contributed by atoms with van der Waals surface area (Å²) in [5, 5.41) is 2.95. The molecule has 1 atom stereocenters. The number of benzene rings is 2. The zero-order valence-electron chi connectivity index (χ0n) is 16.0. The van der Waals surface area contributed by atoms with E-state index in [4.69, 9.17) is 14.2 Å². The van der Waals surface area contributed by atoms with E-state index in [9.17, 15) is 4.79 Å². The van der Waals surface area contributed by atoms with Gasteiger partial charge in [0, 0.05) is 17.3 Å². The molecule has 3 rings (SSSR count). The maximum absolute atomic E-state index is 12.5. The van der Waals surface area contributed by atoms with Crippen molar-refractivity contribution in [1.82, 2.24) is 4.90 Å². The van der Waals surface area contributed by atoms with Crippen molar-refractivity contribution >= 4 is 11.6 Å². The van der Waals surface area contributed by atoms with Gasteiger partial charge in [-0.25, -0.2) is 0 Å². The Morgan fingerprint density at radius 2 is 1.74 bits per heavy atom. The summed E-state index contributed by atoms with van der Waals surface area (Å²) in [5.74, 6) is 2.34. The number of nitrogens with zero attached hydrogens (tertiary/aromatic N) is 1. The summed E-state index contributed by atoms with van der Waals surface area (Å²) >= 11 is 0. The summed E-state index contributed by atoms with van der Waals surface area (Å²) < 4.78 is 16.0. The zero-order chi connectivity index (χ0) is 19.2. The Bertz CT molecular complexity index is 776. The lowest BCUT2D eigenvalue weighted by atomic mass is 10.0. The fourth-order valence-corrected chi connectivity index (χ4v) is 3.53. The topological polar surface area (TPSA) is 60.0 Å². The second-order valence-electron chi connectivity index (χ2n) is 6.51. The molecule has 1 heterocycles. The fraction of sp³-hybridized carbons (Fsp3) is 0.381. The molecule has 0 radical (unpaired) electrons. The number of ether oxygens (including phenoxy) is 3. The molecule has 0 bridgehead atoms. The zero-order valence-corrected chi connectivity index (χ0v) is 16.0. The van der Waals surface area contributed by atoms with Gasteiger partial charge in [-0.05, 0) is 61.9 Å². The summed E-state index contributed by atoms with van der Waals surface area (Å²) in [7, 11) is 4.94. The molecule has 27 heavy (non-hydrogen) atoms. The van der Waals surface area contributed by atoms with Gasteiger partial charge >= 0.3 is 0 Å². The Balaban J connectivity index is 1.70. The first-order valence-electron chi connectivity index (χ1n) is 9.04. The molecule has 0 unspecified atom stereocenters. The van der Waals surface area contributed by atoms with E-state index in [0.717, 1.165) is 47.9 Å². The average Bonchev–Trinajstić information content (AvgIpc) is 3.15. The smallest absolute Gasteiger partial charge is 0.238 e. The number of hydrogen-bond donors (Lipinski definition) is 1. The van der Waals surface area contributed by atoms with Crippen molar-refractivity contribution in [2.75, 3.05) is 39.7 Å². The predicted molar refractivity (Wildman–Crippen MR) is 105 cm³/mol. The molecule has 2 aromatic carbocycles. The normalized spacial score (nSPS) is 16.8. The second-order valence-corrected chi connectivity index (χ2v) is 6.51. The maximum atomic E-state index is 12.5. The maximum Gasteiger partial charge on any atom is 0.238 e. The largest absolute Gasteiger partial charge is 0.497 e. The van der Waals surface area contributed by atoms with Gasteiger partial charge in [-0.3, -0.25) is 9.69 Å². The second kappa shape index (κ2) is 8.77. The fourth-order valence-electron chi connectivity index (χ4n) is 3.53. The number of methoxy groups -OCH3 is 3. The highest BCUT2D eigenvalue weighted by Crippen LogP contribution is 2.38. The van der Waals surface area contributed by atoms with Crippen LogP contribution in [0.15, 0.2) is 42.5 Å². The Hall–Kier alpha value is -2.73. The third-order valence-corrected chi connectivity index (χ3v) is 4.88. The molecule has 1 fully saturated rings. The van der Waals surface area contributed by atoms with E-state index in [1.54, 1.807) is 21.3 Å². The van der Waals surface area contributed by atoms with Crippen molar-refractivity contribution in [3.8, 4) is 17.2 Å². The van der Waals surface area contributed by atoms with Crippen LogP contribution in [0, 0.1) is 0 Å². The minimum atomic E-state index is -0.0334. The van der Waals surface area contributed by atoms with Gasteiger partial charge in [-0.15, -0.1) is 0 Å². The number of likely N-dealkylation sites (tertiary alicyclic amines) is 1. The highest BCUT2D eigenvalue weighted by Gasteiger charge is 2.30. The van der Waals surface area contributed by atoms with Crippen LogP contribution in [0.5, 0.6) is 17.2 Å². The number of rotatable bonds is 7. The van der Waals surface area contributed by atoms with Gasteiger partial charge in [-0.1, -0.05) is 0 Å². The van der Waals surface area contributed by atoms with Gasteiger partial charge in [0.15, 0.2) is 0 Å². The van der Waals surface area contributed by atoms with Crippen molar-refractivity contribution < 1.29 is 19.0 Å². The lowest BCUT2D eigenvalue weighted by Crippen LogP contribution is -2.33. The standard InChI is InChI=1S/C21H26N2O4/c1-25-16-8-6-15(7-9-16)22-21(24)14-23-12-4-5-19(23)18-13-17(26-2)10-11-20(18)27-3/h6-11,13,19H,4-5,12,14H2,1-3H3,(H,22,24)/t19-/m1/s1. The van der Waals surface area contributed by atoms with Gasteiger partial charge in [0.05, 0.1) is 27.9 Å². The van der Waals surface area contributed by atoms with E-state index in [-0.39, 0.29) is 11.9 Å². The number of anilines is 1. The molecule has 0 aliphatic carbocycles. The van der Waals surface area contributed by atoms with Crippen molar-refractivity contribution in [2.24, 2.45) is 0 Å². The molecule has 0 saturated carbocycles. The van der Waals surface area contributed by atoms with Gasteiger partial charge in [-0.2, -0.15) is 0 Å². The highest BCUT2D eigenvalue weighted by molar-refractivity contribution is 5.92. The van der Waals surface area contributed by atoms with E-state index in [1.807, 2.05) is 42.5 Å². The highest BCUT2D eigenvalue weighted by atomic mass is 16.5. The molecule has 6 heteroatoms. The van der Waals surface area contributed by atoms with Crippen LogP contribution in [0.25, 0.3) is 0 Å². The van der Waals surface area contributed by atoms with E-state index in [2.05, 4.69) is 10.2 Å². The SMILES string of the molecule is COc1ccc(NC(=O)CN2CCC[C@@H]2c2cc(OC)ccc2OC)cc1. The van der Waals surface area contributed by atoms with Crippen molar-refractivity contribution in [3.05, 3.63) is 48.0 Å². The van der Waals surface area contributed by atoms with Crippen LogP contribution < -0.4 is 19.5 Å². The summed E-state index contributed by atoms with van der Waals surface area (Å²) in [6, 6.07) is 13.3. The number of amides is 1. The van der Waals surface area contributed by atoms with Gasteiger partial charge in [0.25, 0.3) is 0 Å². The first-order chi connectivity index (χ1) is 13.1. The number of carbonyl (C=O) groups is 1. The van der Waals surface area contributed by atoms with Gasteiger partial charge < -0.3 is 19.5 Å². The van der Waals surface area contributed by atoms with E-state index in [1.165, 1.54) is 0 Å². The third-order valence-electron chi connectivity index (χ3n) is 4.88. The quantitative estimate of drug-likeness (QED) is 0.808. The Morgan fingerprint density at radius 1 is 1.04 bits per heavy atom.